The fourth-order valence-electron chi connectivity index (χ4n) is 6.74. The van der Waals surface area contributed by atoms with Gasteiger partial charge in [-0.05, 0) is 21.1 Å². The summed E-state index contributed by atoms with van der Waals surface area (Å²) in [6, 6.07) is 0. The van der Waals surface area contributed by atoms with E-state index in [0.29, 0.717) is 32.7 Å². The molecular weight excluding hydrogens is 761 g/mol. The van der Waals surface area contributed by atoms with Crippen LogP contribution in [0.4, 0.5) is 0 Å². The topological polar surface area (TPSA) is 258 Å². The van der Waals surface area contributed by atoms with Crippen LogP contribution in [0.25, 0.3) is 0 Å². The molecule has 0 fully saturated rings. The molecule has 0 saturated heterocycles. The van der Waals surface area contributed by atoms with Gasteiger partial charge in [-0.25, -0.2) is 0 Å². The Morgan fingerprint density at radius 1 is 0.267 bits per heavy atom. The van der Waals surface area contributed by atoms with Crippen molar-refractivity contribution in [1.29, 1.82) is 0 Å². The molecular formula is C40H102N20. The molecule has 20 nitrogen and oxygen atoms in total. The van der Waals surface area contributed by atoms with Gasteiger partial charge in [0, 0.05) is 242 Å². The molecule has 0 aromatic rings. The first-order chi connectivity index (χ1) is 29.5. The lowest BCUT2D eigenvalue weighted by atomic mass is 10.3. The van der Waals surface area contributed by atoms with E-state index in [1.54, 1.807) is 0 Å². The molecule has 0 saturated carbocycles. The number of hydrogen-bond donors (Lipinski definition) is 14. The monoisotopic (exact) mass is 863 g/mol. The summed E-state index contributed by atoms with van der Waals surface area (Å²) < 4.78 is 0. The molecule has 0 aliphatic rings. The van der Waals surface area contributed by atoms with Gasteiger partial charge < -0.3 is 76.5 Å². The van der Waals surface area contributed by atoms with Crippen LogP contribution < -0.4 is 76.5 Å². The molecule has 0 spiro atoms. The zero-order chi connectivity index (χ0) is 44.0. The maximum absolute atomic E-state index is 5.92. The predicted octanol–water partition coefficient (Wildman–Crippen LogP) is -7.25. The molecule has 362 valence electrons. The fourth-order valence-corrected chi connectivity index (χ4v) is 6.74. The number of nitrogens with one attached hydrogen (secondary N) is 9. The zero-order valence-electron chi connectivity index (χ0n) is 39.2. The van der Waals surface area contributed by atoms with Gasteiger partial charge in [-0.1, -0.05) is 0 Å². The summed E-state index contributed by atoms with van der Waals surface area (Å²) in [4.78, 5) is 14.7. The first-order valence-corrected chi connectivity index (χ1v) is 23.5. The molecule has 0 unspecified atom stereocenters. The van der Waals surface area contributed by atoms with Crippen molar-refractivity contribution in [2.24, 2.45) is 28.7 Å². The minimum atomic E-state index is 0.662. The van der Waals surface area contributed by atoms with Gasteiger partial charge in [-0.2, -0.15) is 0 Å². The molecule has 0 aliphatic heterocycles. The smallest absolute Gasteiger partial charge is 0.0478 e. The third-order valence-electron chi connectivity index (χ3n) is 10.4. The molecule has 20 heteroatoms. The molecule has 0 atom stereocenters. The summed E-state index contributed by atoms with van der Waals surface area (Å²) in [5.41, 5.74) is 29.0. The average Bonchev–Trinajstić information content (AvgIpc) is 3.24. The molecule has 0 aliphatic carbocycles. The highest BCUT2D eigenvalue weighted by atomic mass is 15.2. The van der Waals surface area contributed by atoms with Crippen LogP contribution in [0.15, 0.2) is 0 Å². The Balaban J connectivity index is 5.01. The number of hydrogen-bond acceptors (Lipinski definition) is 20. The Morgan fingerprint density at radius 2 is 0.533 bits per heavy atom. The maximum Gasteiger partial charge on any atom is 0.0478 e. The number of nitrogens with zero attached hydrogens (tertiary/aromatic N) is 6. The van der Waals surface area contributed by atoms with Crippen molar-refractivity contribution < 1.29 is 0 Å². The Bertz CT molecular complexity index is 817. The third kappa shape index (κ3) is 40.0. The second-order valence-corrected chi connectivity index (χ2v) is 15.6. The van der Waals surface area contributed by atoms with E-state index in [9.17, 15) is 0 Å². The summed E-state index contributed by atoms with van der Waals surface area (Å²) >= 11 is 0. The highest BCUT2D eigenvalue weighted by Gasteiger charge is 2.10. The van der Waals surface area contributed by atoms with Gasteiger partial charge in [0.15, 0.2) is 0 Å². The SMILES string of the molecule is CNCCNCCN(CCN)CCNCCN(CCNCCN(CCNCCN(CCN)CCN)CCNCCN(CCNC)CCNCCN)CCNCN(C)CCN. The van der Waals surface area contributed by atoms with E-state index in [2.05, 4.69) is 84.3 Å². The molecule has 0 bridgehead atoms. The number of rotatable bonds is 51. The van der Waals surface area contributed by atoms with Crippen LogP contribution in [-0.2, 0) is 0 Å². The second kappa shape index (κ2) is 47.7. The molecule has 60 heavy (non-hydrogen) atoms. The average molecular weight is 863 g/mol. The fraction of sp³-hybridized carbons (Fsp3) is 1.00. The van der Waals surface area contributed by atoms with Crippen molar-refractivity contribution in [1.82, 2.24) is 77.3 Å². The molecule has 0 aromatic heterocycles. The lowest BCUT2D eigenvalue weighted by molar-refractivity contribution is 0.241. The highest BCUT2D eigenvalue weighted by Crippen LogP contribution is 1.92. The lowest BCUT2D eigenvalue weighted by Gasteiger charge is -2.26. The van der Waals surface area contributed by atoms with Crippen LogP contribution in [0.2, 0.25) is 0 Å². The van der Waals surface area contributed by atoms with Crippen molar-refractivity contribution in [3.63, 3.8) is 0 Å². The Labute approximate surface area is 368 Å². The summed E-state index contributed by atoms with van der Waals surface area (Å²) in [7, 11) is 6.11. The maximum atomic E-state index is 5.92. The first kappa shape index (κ1) is 59.2. The minimum Gasteiger partial charge on any atom is -0.329 e. The van der Waals surface area contributed by atoms with E-state index in [1.807, 2.05) is 14.1 Å². The van der Waals surface area contributed by atoms with Crippen molar-refractivity contribution in [3.8, 4) is 0 Å². The molecule has 0 amide bonds. The normalized spacial score (nSPS) is 12.3. The van der Waals surface area contributed by atoms with Crippen molar-refractivity contribution in [2.45, 2.75) is 0 Å². The Hall–Kier alpha value is -0.800. The molecule has 0 heterocycles. The molecule has 0 radical (unpaired) electrons. The van der Waals surface area contributed by atoms with Crippen LogP contribution in [0, 0.1) is 0 Å². The first-order valence-electron chi connectivity index (χ1n) is 23.5. The van der Waals surface area contributed by atoms with Crippen molar-refractivity contribution in [3.05, 3.63) is 0 Å². The van der Waals surface area contributed by atoms with E-state index >= 15 is 0 Å². The van der Waals surface area contributed by atoms with E-state index < -0.39 is 0 Å². The minimum absolute atomic E-state index is 0.662. The largest absolute Gasteiger partial charge is 0.329 e. The summed E-state index contributed by atoms with van der Waals surface area (Å²) in [5, 5.41) is 31.9. The summed E-state index contributed by atoms with van der Waals surface area (Å²) in [5.74, 6) is 0. The zero-order valence-corrected chi connectivity index (χ0v) is 39.2. The third-order valence-corrected chi connectivity index (χ3v) is 10.4. The van der Waals surface area contributed by atoms with Crippen LogP contribution in [-0.4, -0.2) is 293 Å². The standard InChI is InChI=1S/C40H102N20/c1-46-10-11-49-14-30-57(27-8-45)31-16-51-21-37-60(39-23-54-40-55(3)24-5-42)38-22-53-20-36-59(34-18-50-15-29-56(25-6-43)26-7-44)35-19-52-17-33-58(28-12-47-2)32-13-48-9-4-41/h46-54H,4-45H2,1-3H3. The van der Waals surface area contributed by atoms with Crippen molar-refractivity contribution in [2.75, 3.05) is 263 Å². The molecule has 0 aromatic carbocycles. The van der Waals surface area contributed by atoms with Gasteiger partial charge in [0.05, 0.1) is 0 Å². The Kier molecular flexibility index (Phi) is 47.0. The van der Waals surface area contributed by atoms with Gasteiger partial charge in [0.2, 0.25) is 0 Å². The Morgan fingerprint density at radius 3 is 0.850 bits per heavy atom. The van der Waals surface area contributed by atoms with Crippen molar-refractivity contribution >= 4 is 0 Å². The van der Waals surface area contributed by atoms with E-state index in [-0.39, 0.29) is 0 Å². The van der Waals surface area contributed by atoms with Crippen LogP contribution in [0.3, 0.4) is 0 Å². The second-order valence-electron chi connectivity index (χ2n) is 15.6. The number of nitrogens with two attached hydrogens (primary N) is 5. The van der Waals surface area contributed by atoms with Gasteiger partial charge in [0.25, 0.3) is 0 Å². The number of likely N-dealkylation sites (N-methyl/N-ethyl adjacent to an activating group) is 3. The van der Waals surface area contributed by atoms with Gasteiger partial charge in [-0.15, -0.1) is 0 Å². The van der Waals surface area contributed by atoms with E-state index in [4.69, 9.17) is 28.7 Å². The van der Waals surface area contributed by atoms with Crippen LogP contribution >= 0.6 is 0 Å². The van der Waals surface area contributed by atoms with E-state index in [1.165, 1.54) is 0 Å². The van der Waals surface area contributed by atoms with Gasteiger partial charge in [0.1, 0.15) is 0 Å². The van der Waals surface area contributed by atoms with Crippen LogP contribution in [0.5, 0.6) is 0 Å². The summed E-state index contributed by atoms with van der Waals surface area (Å²) in [6.07, 6.45) is 0. The molecule has 19 N–H and O–H groups in total. The van der Waals surface area contributed by atoms with E-state index in [0.717, 1.165) is 210 Å². The lowest BCUT2D eigenvalue weighted by Crippen LogP contribution is -2.45. The molecule has 0 rings (SSSR count). The quantitative estimate of drug-likeness (QED) is 0.0200. The van der Waals surface area contributed by atoms with Gasteiger partial charge >= 0.3 is 0 Å². The van der Waals surface area contributed by atoms with Crippen LogP contribution in [0.1, 0.15) is 0 Å². The van der Waals surface area contributed by atoms with Gasteiger partial charge in [-0.3, -0.25) is 29.4 Å². The summed E-state index contributed by atoms with van der Waals surface area (Å²) in [6.45, 7) is 34.4. The highest BCUT2D eigenvalue weighted by molar-refractivity contribution is 4.70. The predicted molar refractivity (Wildman–Crippen MR) is 258 cm³/mol.